The largest absolute Gasteiger partial charge is 0.459 e. The van der Waals surface area contributed by atoms with Crippen molar-refractivity contribution in [3.63, 3.8) is 0 Å². The molecule has 22 heavy (non-hydrogen) atoms. The minimum absolute atomic E-state index is 0.0481. The molecule has 0 saturated heterocycles. The molecule has 2 N–H and O–H groups in total. The molecule has 1 saturated carbocycles. The molecule has 0 aromatic rings. The zero-order chi connectivity index (χ0) is 16.6. The molecule has 5 nitrogen and oxygen atoms in total. The van der Waals surface area contributed by atoms with Gasteiger partial charge in [-0.05, 0) is 52.7 Å². The zero-order valence-corrected chi connectivity index (χ0v) is 15.4. The van der Waals surface area contributed by atoms with Gasteiger partial charge in [-0.3, -0.25) is 4.79 Å². The van der Waals surface area contributed by atoms with Crippen LogP contribution in [0.5, 0.6) is 0 Å². The second-order valence-corrected chi connectivity index (χ2v) is 8.09. The van der Waals surface area contributed by atoms with E-state index in [0.29, 0.717) is 12.0 Å². The molecule has 0 amide bonds. The van der Waals surface area contributed by atoms with Gasteiger partial charge in [-0.1, -0.05) is 6.92 Å². The lowest BCUT2D eigenvalue weighted by Crippen LogP contribution is -2.43. The fourth-order valence-electron chi connectivity index (χ4n) is 2.49. The molecule has 0 radical (unpaired) electrons. The fraction of sp³-hybridized carbons (Fsp3) is 0.875. The molecular weight excluding hydrogens is 298 g/mol. The Morgan fingerprint density at radius 1 is 1.32 bits per heavy atom. The van der Waals surface area contributed by atoms with Crippen molar-refractivity contribution in [3.8, 4) is 0 Å². The molecular formula is C16H31N3O2S. The number of hydrogen-bond acceptors (Lipinski definition) is 4. The Morgan fingerprint density at radius 3 is 2.64 bits per heavy atom. The summed E-state index contributed by atoms with van der Waals surface area (Å²) in [7, 11) is 0. The summed E-state index contributed by atoms with van der Waals surface area (Å²) >= 11 is 2.03. The van der Waals surface area contributed by atoms with Gasteiger partial charge in [-0.15, -0.1) is 0 Å². The van der Waals surface area contributed by atoms with E-state index in [2.05, 4.69) is 22.5 Å². The highest BCUT2D eigenvalue weighted by Gasteiger charge is 2.25. The minimum atomic E-state index is -0.464. The third-order valence-electron chi connectivity index (χ3n) is 3.26. The van der Waals surface area contributed by atoms with E-state index in [0.717, 1.165) is 24.6 Å². The first-order valence-electron chi connectivity index (χ1n) is 8.22. The van der Waals surface area contributed by atoms with Crippen molar-refractivity contribution in [3.05, 3.63) is 0 Å². The number of thioether (sulfide) groups is 1. The highest BCUT2D eigenvalue weighted by atomic mass is 32.2. The number of rotatable bonds is 6. The van der Waals surface area contributed by atoms with Crippen molar-refractivity contribution >= 4 is 23.7 Å². The first-order chi connectivity index (χ1) is 10.3. The number of nitrogens with zero attached hydrogens (tertiary/aromatic N) is 1. The minimum Gasteiger partial charge on any atom is -0.459 e. The summed E-state index contributed by atoms with van der Waals surface area (Å²) in [5.74, 6) is 1.58. The summed E-state index contributed by atoms with van der Waals surface area (Å²) in [5, 5.41) is 7.39. The van der Waals surface area contributed by atoms with E-state index < -0.39 is 5.60 Å². The van der Waals surface area contributed by atoms with Gasteiger partial charge in [0.05, 0.1) is 0 Å². The third kappa shape index (κ3) is 7.92. The number of carbonyl (C=O) groups excluding carboxylic acids is 1. The average molecular weight is 330 g/mol. The van der Waals surface area contributed by atoms with Gasteiger partial charge >= 0.3 is 5.97 Å². The lowest BCUT2D eigenvalue weighted by Gasteiger charge is -2.20. The van der Waals surface area contributed by atoms with Gasteiger partial charge in [-0.2, -0.15) is 11.8 Å². The number of hydrogen-bond donors (Lipinski definition) is 2. The molecule has 6 heteroatoms. The van der Waals surface area contributed by atoms with Crippen LogP contribution in [-0.4, -0.2) is 47.7 Å². The van der Waals surface area contributed by atoms with Gasteiger partial charge in [0.15, 0.2) is 5.96 Å². The monoisotopic (exact) mass is 329 g/mol. The van der Waals surface area contributed by atoms with E-state index in [9.17, 15) is 4.79 Å². The molecule has 1 aliphatic rings. The highest BCUT2D eigenvalue weighted by molar-refractivity contribution is 7.99. The summed E-state index contributed by atoms with van der Waals surface area (Å²) < 4.78 is 5.28. The maximum absolute atomic E-state index is 11.8. The lowest BCUT2D eigenvalue weighted by atomic mass is 10.2. The first-order valence-corrected chi connectivity index (χ1v) is 9.27. The maximum Gasteiger partial charge on any atom is 0.328 e. The predicted molar refractivity (Wildman–Crippen MR) is 94.5 cm³/mol. The van der Waals surface area contributed by atoms with E-state index >= 15 is 0 Å². The van der Waals surface area contributed by atoms with Crippen LogP contribution < -0.4 is 10.6 Å². The fourth-order valence-corrected chi connectivity index (χ4v) is 3.63. The summed E-state index contributed by atoms with van der Waals surface area (Å²) in [5.41, 5.74) is -0.464. The van der Waals surface area contributed by atoms with E-state index in [1.165, 1.54) is 12.2 Å². The standard InChI is InChI=1S/C16H31N3O2S/c1-6-17-15(18-11-14(20)21-16(3,4)5)19-12-8-9-13(10-12)22-7-2/h12-13H,6-11H2,1-5H3,(H2,17,18,19). The van der Waals surface area contributed by atoms with Crippen LogP contribution in [0.25, 0.3) is 0 Å². The molecule has 1 rings (SSSR count). The Hall–Kier alpha value is -0.910. The van der Waals surface area contributed by atoms with Crippen LogP contribution in [0.3, 0.4) is 0 Å². The number of nitrogens with one attached hydrogen (secondary N) is 2. The molecule has 2 atom stereocenters. The van der Waals surface area contributed by atoms with Crippen LogP contribution in [0.4, 0.5) is 0 Å². The van der Waals surface area contributed by atoms with E-state index in [1.807, 2.05) is 39.5 Å². The predicted octanol–water partition coefficient (Wildman–Crippen LogP) is 2.56. The molecule has 0 spiro atoms. The quantitative estimate of drug-likeness (QED) is 0.445. The normalized spacial score (nSPS) is 22.5. The Balaban J connectivity index is 2.47. The first kappa shape index (κ1) is 19.1. The molecule has 1 fully saturated rings. The Bertz CT molecular complexity index is 380. The van der Waals surface area contributed by atoms with Gasteiger partial charge in [0.25, 0.3) is 0 Å². The molecule has 1 aliphatic carbocycles. The SMILES string of the molecule is CCNC(=NCC(=O)OC(C)(C)C)NC1CCC(SCC)C1. The molecule has 0 aliphatic heterocycles. The molecule has 0 aromatic carbocycles. The highest BCUT2D eigenvalue weighted by Crippen LogP contribution is 2.29. The lowest BCUT2D eigenvalue weighted by molar-refractivity contribution is -0.152. The third-order valence-corrected chi connectivity index (χ3v) is 4.49. The number of esters is 1. The van der Waals surface area contributed by atoms with Crippen molar-refractivity contribution in [1.82, 2.24) is 10.6 Å². The van der Waals surface area contributed by atoms with Crippen LogP contribution in [0.1, 0.15) is 53.9 Å². The number of carbonyl (C=O) groups is 1. The van der Waals surface area contributed by atoms with Crippen molar-refractivity contribution in [2.75, 3.05) is 18.8 Å². The Morgan fingerprint density at radius 2 is 2.05 bits per heavy atom. The summed E-state index contributed by atoms with van der Waals surface area (Å²) in [6.45, 7) is 10.6. The Labute approximate surface area is 139 Å². The van der Waals surface area contributed by atoms with Crippen LogP contribution in [0.15, 0.2) is 4.99 Å². The van der Waals surface area contributed by atoms with Crippen LogP contribution in [0, 0.1) is 0 Å². The van der Waals surface area contributed by atoms with Gasteiger partial charge in [-0.25, -0.2) is 4.99 Å². The molecule has 128 valence electrons. The summed E-state index contributed by atoms with van der Waals surface area (Å²) in [6.07, 6.45) is 3.57. The number of aliphatic imine (C=N–C) groups is 1. The van der Waals surface area contributed by atoms with Crippen LogP contribution >= 0.6 is 11.8 Å². The summed E-state index contributed by atoms with van der Waals surface area (Å²) in [6, 6.07) is 0.445. The van der Waals surface area contributed by atoms with Crippen molar-refractivity contribution < 1.29 is 9.53 Å². The van der Waals surface area contributed by atoms with E-state index in [1.54, 1.807) is 0 Å². The molecule has 0 bridgehead atoms. The van der Waals surface area contributed by atoms with E-state index in [-0.39, 0.29) is 12.5 Å². The number of ether oxygens (including phenoxy) is 1. The second kappa shape index (κ2) is 9.28. The van der Waals surface area contributed by atoms with Crippen molar-refractivity contribution in [2.45, 2.75) is 70.8 Å². The van der Waals surface area contributed by atoms with Crippen LogP contribution in [-0.2, 0) is 9.53 Å². The zero-order valence-electron chi connectivity index (χ0n) is 14.6. The molecule has 0 aromatic heterocycles. The average Bonchev–Trinajstić information content (AvgIpc) is 2.82. The van der Waals surface area contributed by atoms with Crippen LogP contribution in [0.2, 0.25) is 0 Å². The second-order valence-electron chi connectivity index (χ2n) is 6.51. The maximum atomic E-state index is 11.8. The molecule has 0 heterocycles. The topological polar surface area (TPSA) is 62.7 Å². The van der Waals surface area contributed by atoms with Gasteiger partial charge in [0.2, 0.25) is 0 Å². The number of guanidine groups is 1. The van der Waals surface area contributed by atoms with Gasteiger partial charge < -0.3 is 15.4 Å². The van der Waals surface area contributed by atoms with Crippen molar-refractivity contribution in [2.24, 2.45) is 4.99 Å². The summed E-state index contributed by atoms with van der Waals surface area (Å²) in [4.78, 5) is 16.1. The Kier molecular flexibility index (Phi) is 8.07. The van der Waals surface area contributed by atoms with Gasteiger partial charge in [0, 0.05) is 17.8 Å². The van der Waals surface area contributed by atoms with E-state index in [4.69, 9.17) is 4.74 Å². The molecule has 2 unspecified atom stereocenters. The smallest absolute Gasteiger partial charge is 0.328 e. The van der Waals surface area contributed by atoms with Gasteiger partial charge in [0.1, 0.15) is 12.1 Å². The van der Waals surface area contributed by atoms with Crippen molar-refractivity contribution in [1.29, 1.82) is 0 Å².